The summed E-state index contributed by atoms with van der Waals surface area (Å²) in [6.45, 7) is 0.613. The first kappa shape index (κ1) is 19.7. The number of methoxy groups -OCH3 is 1. The van der Waals surface area contributed by atoms with Crippen molar-refractivity contribution in [1.82, 2.24) is 0 Å². The summed E-state index contributed by atoms with van der Waals surface area (Å²) in [6, 6.07) is 5.98. The van der Waals surface area contributed by atoms with Crippen LogP contribution in [0.25, 0.3) is 10.1 Å². The van der Waals surface area contributed by atoms with Gasteiger partial charge in [-0.05, 0) is 30.4 Å². The van der Waals surface area contributed by atoms with E-state index >= 15 is 0 Å². The van der Waals surface area contributed by atoms with Gasteiger partial charge < -0.3 is 14.6 Å². The predicted molar refractivity (Wildman–Crippen MR) is 102 cm³/mol. The molecule has 1 N–H and O–H groups in total. The largest absolute Gasteiger partial charge is 0.493 e. The highest BCUT2D eigenvalue weighted by Crippen LogP contribution is 2.37. The molecule has 5 nitrogen and oxygen atoms in total. The van der Waals surface area contributed by atoms with Crippen LogP contribution in [0.4, 0.5) is 0 Å². The molecule has 1 heterocycles. The lowest BCUT2D eigenvalue weighted by molar-refractivity contribution is -0.138. The van der Waals surface area contributed by atoms with E-state index in [0.717, 1.165) is 32.5 Å². The standard InChI is InChI=1S/C18H21BrO5S/c1-23-15-11-17-12(10-16(15)24-8-2-7-19)9-14(25-17)5-3-13(20)4-6-18(21)22/h9-11H,2-8H2,1H3,(H,21,22). The number of hydrogen-bond donors (Lipinski definition) is 1. The van der Waals surface area contributed by atoms with Gasteiger partial charge in [0.25, 0.3) is 0 Å². The van der Waals surface area contributed by atoms with Crippen molar-refractivity contribution in [3.8, 4) is 11.5 Å². The second-order valence-electron chi connectivity index (χ2n) is 5.58. The zero-order valence-corrected chi connectivity index (χ0v) is 16.5. The summed E-state index contributed by atoms with van der Waals surface area (Å²) in [5.41, 5.74) is 0. The van der Waals surface area contributed by atoms with E-state index in [4.69, 9.17) is 14.6 Å². The van der Waals surface area contributed by atoms with Crippen molar-refractivity contribution in [2.45, 2.75) is 32.1 Å². The molecule has 0 radical (unpaired) electrons. The van der Waals surface area contributed by atoms with Crippen molar-refractivity contribution in [3.05, 3.63) is 23.1 Å². The quantitative estimate of drug-likeness (QED) is 0.422. The van der Waals surface area contributed by atoms with Crippen molar-refractivity contribution in [1.29, 1.82) is 0 Å². The van der Waals surface area contributed by atoms with Crippen LogP contribution < -0.4 is 9.47 Å². The molecule has 0 saturated carbocycles. The first-order chi connectivity index (χ1) is 12.0. The van der Waals surface area contributed by atoms with Crippen LogP contribution >= 0.6 is 27.3 Å². The van der Waals surface area contributed by atoms with E-state index in [9.17, 15) is 9.59 Å². The highest BCUT2D eigenvalue weighted by molar-refractivity contribution is 9.09. The number of aryl methyl sites for hydroxylation is 1. The Balaban J connectivity index is 2.05. The van der Waals surface area contributed by atoms with Crippen LogP contribution in [-0.2, 0) is 16.0 Å². The Morgan fingerprint density at radius 1 is 1.16 bits per heavy atom. The van der Waals surface area contributed by atoms with Crippen molar-refractivity contribution in [3.63, 3.8) is 0 Å². The molecule has 136 valence electrons. The average molecular weight is 429 g/mol. The van der Waals surface area contributed by atoms with Gasteiger partial charge >= 0.3 is 5.97 Å². The van der Waals surface area contributed by atoms with Gasteiger partial charge in [0.05, 0.1) is 20.1 Å². The Morgan fingerprint density at radius 2 is 1.96 bits per heavy atom. The maximum atomic E-state index is 11.7. The lowest BCUT2D eigenvalue weighted by Crippen LogP contribution is -2.03. The Morgan fingerprint density at radius 3 is 2.64 bits per heavy atom. The van der Waals surface area contributed by atoms with Crippen LogP contribution in [0, 0.1) is 0 Å². The third-order valence-corrected chi connectivity index (χ3v) is 5.38. The average Bonchev–Trinajstić information content (AvgIpc) is 2.99. The number of carbonyl (C=O) groups excluding carboxylic acids is 1. The number of carbonyl (C=O) groups is 2. The van der Waals surface area contributed by atoms with Gasteiger partial charge in [-0.15, -0.1) is 11.3 Å². The lowest BCUT2D eigenvalue weighted by atomic mass is 10.1. The third-order valence-electron chi connectivity index (χ3n) is 3.66. The van der Waals surface area contributed by atoms with E-state index in [2.05, 4.69) is 22.0 Å². The molecule has 0 unspecified atom stereocenters. The molecule has 0 aliphatic heterocycles. The summed E-state index contributed by atoms with van der Waals surface area (Å²) in [5.74, 6) is 0.469. The van der Waals surface area contributed by atoms with Crippen molar-refractivity contribution in [2.24, 2.45) is 0 Å². The zero-order chi connectivity index (χ0) is 18.2. The second kappa shape index (κ2) is 9.77. The minimum atomic E-state index is -0.935. The summed E-state index contributed by atoms with van der Waals surface area (Å²) >= 11 is 5.00. The van der Waals surface area contributed by atoms with Gasteiger partial charge in [0.15, 0.2) is 11.5 Å². The Labute approximate surface area is 159 Å². The van der Waals surface area contributed by atoms with Crippen LogP contribution in [0.15, 0.2) is 18.2 Å². The zero-order valence-electron chi connectivity index (χ0n) is 14.0. The topological polar surface area (TPSA) is 72.8 Å². The molecule has 2 rings (SSSR count). The van der Waals surface area contributed by atoms with Gasteiger partial charge in [0.1, 0.15) is 5.78 Å². The Bertz CT molecular complexity index is 740. The molecule has 1 aromatic carbocycles. The Hall–Kier alpha value is -1.60. The highest BCUT2D eigenvalue weighted by Gasteiger charge is 2.12. The summed E-state index contributed by atoms with van der Waals surface area (Å²) in [6.07, 6.45) is 1.90. The molecule has 0 aliphatic carbocycles. The normalized spacial score (nSPS) is 10.8. The molecule has 0 fully saturated rings. The number of rotatable bonds is 11. The first-order valence-electron chi connectivity index (χ1n) is 8.06. The highest BCUT2D eigenvalue weighted by atomic mass is 79.9. The number of halogens is 1. The van der Waals surface area contributed by atoms with E-state index in [0.29, 0.717) is 25.2 Å². The molecule has 1 aromatic heterocycles. The predicted octanol–water partition coefficient (Wildman–Crippen LogP) is 4.44. The molecule has 0 saturated heterocycles. The van der Waals surface area contributed by atoms with Crippen LogP contribution in [-0.4, -0.2) is 35.9 Å². The number of hydrogen-bond acceptors (Lipinski definition) is 5. The number of thiophene rings is 1. The number of ketones is 1. The number of benzene rings is 1. The van der Waals surface area contributed by atoms with Gasteiger partial charge in [0.2, 0.25) is 0 Å². The number of alkyl halides is 1. The van der Waals surface area contributed by atoms with Gasteiger partial charge in [-0.3, -0.25) is 9.59 Å². The fourth-order valence-electron chi connectivity index (χ4n) is 2.37. The molecular weight excluding hydrogens is 408 g/mol. The molecule has 0 atom stereocenters. The van der Waals surface area contributed by atoms with E-state index in [1.54, 1.807) is 18.4 Å². The van der Waals surface area contributed by atoms with Gasteiger partial charge in [-0.1, -0.05) is 15.9 Å². The van der Waals surface area contributed by atoms with Crippen LogP contribution in [0.2, 0.25) is 0 Å². The van der Waals surface area contributed by atoms with Crippen molar-refractivity contribution in [2.75, 3.05) is 19.0 Å². The second-order valence-corrected chi connectivity index (χ2v) is 7.54. The fourth-order valence-corrected chi connectivity index (χ4v) is 3.67. The van der Waals surface area contributed by atoms with Gasteiger partial charge in [-0.2, -0.15) is 0 Å². The molecular formula is C18H21BrO5S. The minimum absolute atomic E-state index is 0.0174. The van der Waals surface area contributed by atoms with Crippen molar-refractivity contribution < 1.29 is 24.2 Å². The van der Waals surface area contributed by atoms with E-state index in [-0.39, 0.29) is 18.6 Å². The van der Waals surface area contributed by atoms with Gasteiger partial charge in [0, 0.05) is 33.8 Å². The number of carboxylic acid groups (broad SMARTS) is 1. The first-order valence-corrected chi connectivity index (χ1v) is 10.00. The SMILES string of the molecule is COc1cc2sc(CCC(=O)CCC(=O)O)cc2cc1OCCCBr. The van der Waals surface area contributed by atoms with Crippen LogP contribution in [0.3, 0.4) is 0 Å². The van der Waals surface area contributed by atoms with Crippen LogP contribution in [0.1, 0.15) is 30.6 Å². The molecule has 0 bridgehead atoms. The summed E-state index contributed by atoms with van der Waals surface area (Å²) in [5, 5.41) is 10.6. The molecule has 0 amide bonds. The number of carboxylic acids is 1. The minimum Gasteiger partial charge on any atom is -0.493 e. The summed E-state index contributed by atoms with van der Waals surface area (Å²) in [7, 11) is 1.62. The van der Waals surface area contributed by atoms with Gasteiger partial charge in [-0.25, -0.2) is 0 Å². The number of ether oxygens (including phenoxy) is 2. The van der Waals surface area contributed by atoms with E-state index in [1.165, 1.54) is 0 Å². The summed E-state index contributed by atoms with van der Waals surface area (Å²) < 4.78 is 12.3. The maximum absolute atomic E-state index is 11.7. The summed E-state index contributed by atoms with van der Waals surface area (Å²) in [4.78, 5) is 23.3. The number of Topliss-reactive ketones (excluding diaryl/α,β-unsaturated/α-hetero) is 1. The van der Waals surface area contributed by atoms with Crippen LogP contribution in [0.5, 0.6) is 11.5 Å². The molecule has 7 heteroatoms. The lowest BCUT2D eigenvalue weighted by Gasteiger charge is -2.10. The Kier molecular flexibility index (Phi) is 7.71. The number of fused-ring (bicyclic) bond motifs is 1. The van der Waals surface area contributed by atoms with E-state index in [1.807, 2.05) is 12.1 Å². The van der Waals surface area contributed by atoms with Crippen molar-refractivity contribution >= 4 is 49.1 Å². The number of aliphatic carboxylic acids is 1. The van der Waals surface area contributed by atoms with E-state index < -0.39 is 5.97 Å². The monoisotopic (exact) mass is 428 g/mol. The molecule has 0 spiro atoms. The third kappa shape index (κ3) is 6.01. The maximum Gasteiger partial charge on any atom is 0.303 e. The molecule has 2 aromatic rings. The smallest absolute Gasteiger partial charge is 0.303 e. The fraction of sp³-hybridized carbons (Fsp3) is 0.444. The molecule has 25 heavy (non-hydrogen) atoms. The molecule has 0 aliphatic rings.